The zero-order chi connectivity index (χ0) is 20.7. The van der Waals surface area contributed by atoms with Gasteiger partial charge in [-0.25, -0.2) is 4.39 Å². The molecule has 0 atom stereocenters. The molecule has 3 heteroatoms. The smallest absolute Gasteiger partial charge is 0.144 e. The normalized spacial score (nSPS) is 19.1. The Morgan fingerprint density at radius 1 is 0.897 bits per heavy atom. The van der Waals surface area contributed by atoms with Gasteiger partial charge in [-0.2, -0.15) is 5.26 Å². The molecule has 0 amide bonds. The van der Waals surface area contributed by atoms with Crippen LogP contribution in [-0.4, -0.2) is 6.61 Å². The van der Waals surface area contributed by atoms with E-state index in [4.69, 9.17) is 10.00 Å². The maximum absolute atomic E-state index is 13.6. The number of nitrogens with zero attached hydrogens (tertiary/aromatic N) is 1. The van der Waals surface area contributed by atoms with Crippen LogP contribution in [0.4, 0.5) is 4.39 Å². The van der Waals surface area contributed by atoms with E-state index < -0.39 is 5.82 Å². The monoisotopic (exact) mass is 401 g/mol. The summed E-state index contributed by atoms with van der Waals surface area (Å²) in [5, 5.41) is 8.76. The Labute approximate surface area is 177 Å². The molecule has 0 aliphatic heterocycles. The van der Waals surface area contributed by atoms with Crippen LogP contribution in [0.1, 0.15) is 109 Å². The van der Waals surface area contributed by atoms with Crippen molar-refractivity contribution >= 4 is 0 Å². The van der Waals surface area contributed by atoms with Crippen LogP contribution in [0.15, 0.2) is 18.2 Å². The molecule has 1 aromatic rings. The van der Waals surface area contributed by atoms with Gasteiger partial charge in [0.1, 0.15) is 17.6 Å². The number of rotatable bonds is 14. The average molecular weight is 402 g/mol. The lowest BCUT2D eigenvalue weighted by Gasteiger charge is -2.28. The fourth-order valence-corrected chi connectivity index (χ4v) is 4.61. The first-order valence-corrected chi connectivity index (χ1v) is 12.1. The van der Waals surface area contributed by atoms with Gasteiger partial charge in [0, 0.05) is 6.07 Å². The van der Waals surface area contributed by atoms with Gasteiger partial charge in [-0.1, -0.05) is 90.4 Å². The molecule has 0 heterocycles. The van der Waals surface area contributed by atoms with Crippen molar-refractivity contribution in [2.75, 3.05) is 6.61 Å². The summed E-state index contributed by atoms with van der Waals surface area (Å²) in [5.41, 5.74) is 0.0704. The van der Waals surface area contributed by atoms with E-state index in [0.29, 0.717) is 12.4 Å². The first-order valence-electron chi connectivity index (χ1n) is 12.1. The standard InChI is InChI=1S/C26H40FNO/c1-2-3-4-5-6-7-8-9-11-22-13-15-23(16-14-22)12-10-19-29-25-18-17-24(21-28)26(27)20-25/h17-18,20,22-23H,2-16,19H2,1H3/t22-,23-. The quantitative estimate of drug-likeness (QED) is 0.294. The van der Waals surface area contributed by atoms with Gasteiger partial charge in [-0.15, -0.1) is 0 Å². The van der Waals surface area contributed by atoms with Crippen LogP contribution in [0.2, 0.25) is 0 Å². The van der Waals surface area contributed by atoms with E-state index in [0.717, 1.165) is 18.3 Å². The number of benzene rings is 1. The van der Waals surface area contributed by atoms with Crippen LogP contribution in [-0.2, 0) is 0 Å². The van der Waals surface area contributed by atoms with Crippen LogP contribution in [0.25, 0.3) is 0 Å². The molecule has 1 aliphatic carbocycles. The molecular weight excluding hydrogens is 361 g/mol. The maximum atomic E-state index is 13.6. The summed E-state index contributed by atoms with van der Waals surface area (Å²) in [6, 6.07) is 6.31. The van der Waals surface area contributed by atoms with Crippen LogP contribution in [0.3, 0.4) is 0 Å². The molecule has 1 saturated carbocycles. The zero-order valence-electron chi connectivity index (χ0n) is 18.4. The van der Waals surface area contributed by atoms with Gasteiger partial charge in [-0.05, 0) is 36.8 Å². The van der Waals surface area contributed by atoms with Crippen LogP contribution in [0, 0.1) is 29.0 Å². The molecule has 0 spiro atoms. The topological polar surface area (TPSA) is 33.0 Å². The van der Waals surface area contributed by atoms with E-state index in [2.05, 4.69) is 6.92 Å². The highest BCUT2D eigenvalue weighted by Crippen LogP contribution is 2.34. The van der Waals surface area contributed by atoms with E-state index in [1.165, 1.54) is 102 Å². The van der Waals surface area contributed by atoms with Crippen LogP contribution >= 0.6 is 0 Å². The average Bonchev–Trinajstić information content (AvgIpc) is 2.74. The first kappa shape index (κ1) is 23.7. The van der Waals surface area contributed by atoms with Crippen LogP contribution in [0.5, 0.6) is 5.75 Å². The van der Waals surface area contributed by atoms with Gasteiger partial charge >= 0.3 is 0 Å². The lowest BCUT2D eigenvalue weighted by molar-refractivity contribution is 0.227. The van der Waals surface area contributed by atoms with Gasteiger partial charge in [0.25, 0.3) is 0 Å². The number of hydrogen-bond donors (Lipinski definition) is 0. The number of halogens is 1. The SMILES string of the molecule is CCCCCCCCCC[C@H]1CC[C@H](CCCOc2ccc(C#N)c(F)c2)CC1. The molecule has 162 valence electrons. The van der Waals surface area contributed by atoms with E-state index in [1.807, 2.05) is 6.07 Å². The van der Waals surface area contributed by atoms with E-state index in [9.17, 15) is 4.39 Å². The molecule has 1 aliphatic rings. The van der Waals surface area contributed by atoms with Gasteiger partial charge in [0.05, 0.1) is 12.2 Å². The molecule has 0 bridgehead atoms. The number of ether oxygens (including phenoxy) is 1. The van der Waals surface area contributed by atoms with Gasteiger partial charge in [-0.3, -0.25) is 0 Å². The minimum absolute atomic E-state index is 0.0704. The maximum Gasteiger partial charge on any atom is 0.144 e. The Kier molecular flexibility index (Phi) is 11.8. The summed E-state index contributed by atoms with van der Waals surface area (Å²) < 4.78 is 19.2. The number of hydrogen-bond acceptors (Lipinski definition) is 2. The molecule has 0 N–H and O–H groups in total. The lowest BCUT2D eigenvalue weighted by Crippen LogP contribution is -2.15. The molecule has 2 rings (SSSR count). The fraction of sp³-hybridized carbons (Fsp3) is 0.731. The summed E-state index contributed by atoms with van der Waals surface area (Å²) in [5.74, 6) is 1.82. The molecular formula is C26H40FNO. The highest BCUT2D eigenvalue weighted by molar-refractivity contribution is 5.36. The van der Waals surface area contributed by atoms with Crippen molar-refractivity contribution in [3.8, 4) is 11.8 Å². The molecule has 0 unspecified atom stereocenters. The summed E-state index contributed by atoms with van der Waals surface area (Å²) >= 11 is 0. The summed E-state index contributed by atoms with van der Waals surface area (Å²) in [4.78, 5) is 0. The minimum atomic E-state index is -0.500. The Balaban J connectivity index is 1.46. The van der Waals surface area contributed by atoms with Crippen molar-refractivity contribution in [3.05, 3.63) is 29.6 Å². The second kappa shape index (κ2) is 14.4. The van der Waals surface area contributed by atoms with Crippen molar-refractivity contribution in [1.29, 1.82) is 5.26 Å². The number of nitriles is 1. The predicted molar refractivity (Wildman–Crippen MR) is 119 cm³/mol. The highest BCUT2D eigenvalue weighted by Gasteiger charge is 2.20. The van der Waals surface area contributed by atoms with E-state index in [1.54, 1.807) is 6.07 Å². The Morgan fingerprint density at radius 2 is 1.48 bits per heavy atom. The van der Waals surface area contributed by atoms with Crippen molar-refractivity contribution in [3.63, 3.8) is 0 Å². The van der Waals surface area contributed by atoms with Crippen molar-refractivity contribution in [2.24, 2.45) is 11.8 Å². The Morgan fingerprint density at radius 3 is 2.07 bits per heavy atom. The summed E-state index contributed by atoms with van der Waals surface area (Å²) in [7, 11) is 0. The van der Waals surface area contributed by atoms with Crippen molar-refractivity contribution in [1.82, 2.24) is 0 Å². The van der Waals surface area contributed by atoms with Crippen molar-refractivity contribution in [2.45, 2.75) is 103 Å². The molecule has 1 aromatic carbocycles. The van der Waals surface area contributed by atoms with Crippen LogP contribution < -0.4 is 4.74 Å². The Bertz CT molecular complexity index is 601. The second-order valence-corrected chi connectivity index (χ2v) is 8.89. The fourth-order valence-electron chi connectivity index (χ4n) is 4.61. The highest BCUT2D eigenvalue weighted by atomic mass is 19.1. The first-order chi connectivity index (χ1) is 14.2. The lowest BCUT2D eigenvalue weighted by atomic mass is 9.78. The summed E-state index contributed by atoms with van der Waals surface area (Å²) in [6.07, 6.45) is 20.6. The molecule has 0 radical (unpaired) electrons. The Hall–Kier alpha value is -1.56. The summed E-state index contributed by atoms with van der Waals surface area (Å²) in [6.45, 7) is 2.91. The second-order valence-electron chi connectivity index (χ2n) is 8.89. The third-order valence-corrected chi connectivity index (χ3v) is 6.52. The molecule has 2 nitrogen and oxygen atoms in total. The van der Waals surface area contributed by atoms with Crippen molar-refractivity contribution < 1.29 is 9.13 Å². The molecule has 1 fully saturated rings. The molecule has 0 saturated heterocycles. The predicted octanol–water partition coefficient (Wildman–Crippen LogP) is 8.19. The van der Waals surface area contributed by atoms with E-state index >= 15 is 0 Å². The third kappa shape index (κ3) is 9.66. The van der Waals surface area contributed by atoms with Gasteiger partial charge < -0.3 is 4.74 Å². The third-order valence-electron chi connectivity index (χ3n) is 6.52. The zero-order valence-corrected chi connectivity index (χ0v) is 18.4. The minimum Gasteiger partial charge on any atom is -0.493 e. The molecule has 29 heavy (non-hydrogen) atoms. The molecule has 0 aromatic heterocycles. The number of unbranched alkanes of at least 4 members (excludes halogenated alkanes) is 7. The van der Waals surface area contributed by atoms with Gasteiger partial charge in [0.15, 0.2) is 0 Å². The van der Waals surface area contributed by atoms with E-state index in [-0.39, 0.29) is 5.56 Å². The largest absolute Gasteiger partial charge is 0.493 e. The van der Waals surface area contributed by atoms with Gasteiger partial charge in [0.2, 0.25) is 0 Å².